The van der Waals surface area contributed by atoms with Gasteiger partial charge in [-0.1, -0.05) is 0 Å². The summed E-state index contributed by atoms with van der Waals surface area (Å²) in [6, 6.07) is 3.78. The lowest BCUT2D eigenvalue weighted by molar-refractivity contribution is 0.163. The van der Waals surface area contributed by atoms with Gasteiger partial charge in [-0.25, -0.2) is 22.0 Å². The molecule has 0 aromatic heterocycles. The predicted octanol–water partition coefficient (Wildman–Crippen LogP) is 0.875. The summed E-state index contributed by atoms with van der Waals surface area (Å²) in [5.74, 6) is -0.190. The molecule has 1 aromatic rings. The van der Waals surface area contributed by atoms with Crippen LogP contribution in [-0.2, 0) is 24.8 Å². The number of anilines is 1. The van der Waals surface area contributed by atoms with Gasteiger partial charge < -0.3 is 4.74 Å². The number of sulfonamides is 2. The highest BCUT2D eigenvalue weighted by molar-refractivity contribution is 9.10. The number of nitrogens with two attached hydrogens (primary N) is 1. The Morgan fingerprint density at radius 2 is 1.95 bits per heavy atom. The van der Waals surface area contributed by atoms with Gasteiger partial charge in [-0.2, -0.15) is 0 Å². The third-order valence-corrected chi connectivity index (χ3v) is 5.04. The molecule has 0 aliphatic rings. The fraction of sp³-hybridized carbons (Fsp3) is 0.400. The first kappa shape index (κ1) is 17.4. The first-order valence-electron chi connectivity index (χ1n) is 5.56. The molecule has 0 spiro atoms. The van der Waals surface area contributed by atoms with Crippen LogP contribution in [-0.4, -0.2) is 35.8 Å². The number of nitrogens with one attached hydrogen (secondary N) is 1. The van der Waals surface area contributed by atoms with Gasteiger partial charge in [0.15, 0.2) is 0 Å². The van der Waals surface area contributed by atoms with E-state index in [0.717, 1.165) is 0 Å². The average molecular weight is 387 g/mol. The summed E-state index contributed by atoms with van der Waals surface area (Å²) in [7, 11) is -7.39. The van der Waals surface area contributed by atoms with Crippen molar-refractivity contribution in [2.45, 2.75) is 11.8 Å². The van der Waals surface area contributed by atoms with E-state index in [9.17, 15) is 16.8 Å². The van der Waals surface area contributed by atoms with E-state index in [4.69, 9.17) is 9.88 Å². The van der Waals surface area contributed by atoms with Crippen LogP contribution in [0.25, 0.3) is 0 Å². The monoisotopic (exact) mass is 386 g/mol. The van der Waals surface area contributed by atoms with Crippen molar-refractivity contribution in [3.05, 3.63) is 22.7 Å². The summed E-state index contributed by atoms with van der Waals surface area (Å²) in [5.41, 5.74) is 0.230. The number of ether oxygens (including phenoxy) is 1. The molecule has 0 atom stereocenters. The molecule has 0 bridgehead atoms. The van der Waals surface area contributed by atoms with Gasteiger partial charge in [-0.15, -0.1) is 0 Å². The quantitative estimate of drug-likeness (QED) is 0.674. The highest BCUT2D eigenvalue weighted by Crippen LogP contribution is 2.26. The Bertz CT molecular complexity index is 673. The summed E-state index contributed by atoms with van der Waals surface area (Å²) >= 11 is 3.10. The maximum atomic E-state index is 11.8. The smallest absolute Gasteiger partial charge is 0.238 e. The fourth-order valence-electron chi connectivity index (χ4n) is 1.29. The lowest BCUT2D eigenvalue weighted by atomic mass is 10.3. The van der Waals surface area contributed by atoms with Crippen molar-refractivity contribution < 1.29 is 21.6 Å². The van der Waals surface area contributed by atoms with Crippen molar-refractivity contribution in [2.75, 3.05) is 23.7 Å². The molecule has 7 nitrogen and oxygen atoms in total. The van der Waals surface area contributed by atoms with Gasteiger partial charge in [-0.05, 0) is 41.1 Å². The minimum atomic E-state index is -3.83. The second-order valence-electron chi connectivity index (χ2n) is 3.80. The van der Waals surface area contributed by atoms with Crippen molar-refractivity contribution in [1.29, 1.82) is 0 Å². The van der Waals surface area contributed by atoms with Crippen LogP contribution in [0.3, 0.4) is 0 Å². The molecule has 0 radical (unpaired) electrons. The highest BCUT2D eigenvalue weighted by atomic mass is 79.9. The zero-order valence-corrected chi connectivity index (χ0v) is 13.9. The summed E-state index contributed by atoms with van der Waals surface area (Å²) in [6.07, 6.45) is 0. The molecule has 0 heterocycles. The van der Waals surface area contributed by atoms with Gasteiger partial charge in [0.05, 0.1) is 22.9 Å². The summed E-state index contributed by atoms with van der Waals surface area (Å²) in [4.78, 5) is -0.110. The third kappa shape index (κ3) is 5.37. The fourth-order valence-corrected chi connectivity index (χ4v) is 3.54. The molecule has 3 N–H and O–H groups in total. The molecule has 0 aliphatic heterocycles. The Balaban J connectivity index is 2.89. The van der Waals surface area contributed by atoms with E-state index < -0.39 is 20.0 Å². The Hall–Kier alpha value is -0.680. The second-order valence-corrected chi connectivity index (χ2v) is 8.06. The first-order chi connectivity index (χ1) is 9.15. The Kier molecular flexibility index (Phi) is 5.95. The number of halogens is 1. The van der Waals surface area contributed by atoms with Crippen LogP contribution in [0.1, 0.15) is 6.92 Å². The Morgan fingerprint density at radius 3 is 2.45 bits per heavy atom. The minimum Gasteiger partial charge on any atom is -0.381 e. The van der Waals surface area contributed by atoms with Crippen molar-refractivity contribution in [1.82, 2.24) is 0 Å². The summed E-state index contributed by atoms with van der Waals surface area (Å²) in [5, 5.41) is 4.98. The van der Waals surface area contributed by atoms with Gasteiger partial charge >= 0.3 is 0 Å². The van der Waals surface area contributed by atoms with E-state index in [1.165, 1.54) is 18.2 Å². The highest BCUT2D eigenvalue weighted by Gasteiger charge is 2.15. The molecule has 0 amide bonds. The van der Waals surface area contributed by atoms with Crippen molar-refractivity contribution in [2.24, 2.45) is 5.14 Å². The molecule has 20 heavy (non-hydrogen) atoms. The summed E-state index contributed by atoms with van der Waals surface area (Å²) < 4.78 is 53.4. The van der Waals surface area contributed by atoms with Gasteiger partial charge in [0.25, 0.3) is 0 Å². The van der Waals surface area contributed by atoms with Crippen LogP contribution in [0.5, 0.6) is 0 Å². The molecule has 0 unspecified atom stereocenters. The summed E-state index contributed by atoms with van der Waals surface area (Å²) in [6.45, 7) is 2.28. The van der Waals surface area contributed by atoms with E-state index in [1.807, 2.05) is 0 Å². The van der Waals surface area contributed by atoms with Gasteiger partial charge in [-0.3, -0.25) is 4.72 Å². The number of rotatable bonds is 7. The number of benzene rings is 1. The predicted molar refractivity (Wildman–Crippen MR) is 79.4 cm³/mol. The van der Waals surface area contributed by atoms with E-state index in [-0.39, 0.29) is 27.4 Å². The van der Waals surface area contributed by atoms with Crippen molar-refractivity contribution >= 4 is 41.7 Å². The molecule has 1 rings (SSSR count). The first-order valence-corrected chi connectivity index (χ1v) is 9.55. The molecule has 10 heteroatoms. The molecular formula is C10H15BrN2O5S2. The largest absolute Gasteiger partial charge is 0.381 e. The van der Waals surface area contributed by atoms with Gasteiger partial charge in [0, 0.05) is 11.1 Å². The molecule has 1 aromatic carbocycles. The molecule has 114 valence electrons. The SMILES string of the molecule is CCOCCS(=O)(=O)Nc1ccc(S(N)(=O)=O)cc1Br. The van der Waals surface area contributed by atoms with Crippen molar-refractivity contribution in [3.63, 3.8) is 0 Å². The Labute approximate surface area is 126 Å². The van der Waals surface area contributed by atoms with Crippen LogP contribution in [0.15, 0.2) is 27.6 Å². The van der Waals surface area contributed by atoms with E-state index in [1.54, 1.807) is 6.92 Å². The molecule has 0 saturated carbocycles. The maximum absolute atomic E-state index is 11.8. The average Bonchev–Trinajstić information content (AvgIpc) is 2.30. The molecule has 0 fully saturated rings. The van der Waals surface area contributed by atoms with Gasteiger partial charge in [0.2, 0.25) is 20.0 Å². The lowest BCUT2D eigenvalue weighted by Gasteiger charge is -2.10. The minimum absolute atomic E-state index is 0.0821. The normalized spacial score (nSPS) is 12.3. The molecule has 0 aliphatic carbocycles. The molecule has 0 saturated heterocycles. The Morgan fingerprint density at radius 1 is 1.30 bits per heavy atom. The second kappa shape index (κ2) is 6.85. The van der Waals surface area contributed by atoms with Crippen LogP contribution < -0.4 is 9.86 Å². The van der Waals surface area contributed by atoms with E-state index >= 15 is 0 Å². The van der Waals surface area contributed by atoms with Crippen LogP contribution in [0.2, 0.25) is 0 Å². The number of hydrogen-bond acceptors (Lipinski definition) is 5. The lowest BCUT2D eigenvalue weighted by Crippen LogP contribution is -2.20. The zero-order valence-electron chi connectivity index (χ0n) is 10.7. The van der Waals surface area contributed by atoms with Gasteiger partial charge in [0.1, 0.15) is 0 Å². The van der Waals surface area contributed by atoms with Crippen LogP contribution in [0, 0.1) is 0 Å². The zero-order chi connectivity index (χ0) is 15.4. The molecular weight excluding hydrogens is 372 g/mol. The third-order valence-electron chi connectivity index (χ3n) is 2.24. The topological polar surface area (TPSA) is 116 Å². The standard InChI is InChI=1S/C10H15BrN2O5S2/c1-2-18-5-6-19(14,15)13-10-4-3-8(7-9(10)11)20(12,16)17/h3-4,7,13H,2,5-6H2,1H3,(H2,12,16,17). The number of hydrogen-bond donors (Lipinski definition) is 2. The van der Waals surface area contributed by atoms with Crippen LogP contribution >= 0.6 is 15.9 Å². The van der Waals surface area contributed by atoms with Crippen LogP contribution in [0.4, 0.5) is 5.69 Å². The maximum Gasteiger partial charge on any atom is 0.238 e. The van der Waals surface area contributed by atoms with E-state index in [2.05, 4.69) is 20.7 Å². The number of primary sulfonamides is 1. The van der Waals surface area contributed by atoms with Crippen molar-refractivity contribution in [3.8, 4) is 0 Å². The van der Waals surface area contributed by atoms with E-state index in [0.29, 0.717) is 6.61 Å².